The molecule has 1 aromatic carbocycles. The summed E-state index contributed by atoms with van der Waals surface area (Å²) >= 11 is 5.96. The number of benzene rings is 1. The van der Waals surface area contributed by atoms with Crippen molar-refractivity contribution in [1.29, 1.82) is 0 Å². The Balaban J connectivity index is 2.03. The van der Waals surface area contributed by atoms with E-state index in [-0.39, 0.29) is 5.75 Å². The third-order valence-corrected chi connectivity index (χ3v) is 4.81. The molecule has 3 heteroatoms. The Kier molecular flexibility index (Phi) is 4.98. The van der Waals surface area contributed by atoms with Crippen LogP contribution in [0.5, 0.6) is 5.75 Å². The lowest BCUT2D eigenvalue weighted by Gasteiger charge is -2.41. The summed E-state index contributed by atoms with van der Waals surface area (Å²) in [5, 5.41) is 14.1. The van der Waals surface area contributed by atoms with Crippen LogP contribution in [0.4, 0.5) is 0 Å². The smallest absolute Gasteiger partial charge is 0.138 e. The number of halogens is 1. The molecule has 2 rings (SSSR count). The van der Waals surface area contributed by atoms with E-state index in [2.05, 4.69) is 26.1 Å². The number of hydrogen-bond donors (Lipinski definition) is 2. The second kappa shape index (κ2) is 6.36. The first-order valence-electron chi connectivity index (χ1n) is 7.59. The van der Waals surface area contributed by atoms with E-state index in [0.717, 1.165) is 5.56 Å². The molecule has 1 saturated carbocycles. The maximum absolute atomic E-state index is 9.98. The number of nitrogens with one attached hydrogen (secondary N) is 1. The Morgan fingerprint density at radius 2 is 1.95 bits per heavy atom. The average Bonchev–Trinajstić information content (AvgIpc) is 2.40. The molecule has 0 spiro atoms. The van der Waals surface area contributed by atoms with Gasteiger partial charge in [0.15, 0.2) is 0 Å². The number of hydrogen-bond acceptors (Lipinski definition) is 2. The molecule has 2 N–H and O–H groups in total. The van der Waals surface area contributed by atoms with Crippen LogP contribution in [0.25, 0.3) is 0 Å². The van der Waals surface area contributed by atoms with Gasteiger partial charge in [-0.15, -0.1) is 0 Å². The van der Waals surface area contributed by atoms with Crippen molar-refractivity contribution in [3.8, 4) is 5.75 Å². The van der Waals surface area contributed by atoms with Gasteiger partial charge < -0.3 is 10.4 Å². The van der Waals surface area contributed by atoms with E-state index in [9.17, 15) is 5.11 Å². The first-order chi connectivity index (χ1) is 9.39. The normalized spacial score (nSPS) is 23.8. The summed E-state index contributed by atoms with van der Waals surface area (Å²) < 4.78 is 0. The van der Waals surface area contributed by atoms with Gasteiger partial charge in [0.25, 0.3) is 0 Å². The maximum Gasteiger partial charge on any atom is 0.138 e. The topological polar surface area (TPSA) is 32.3 Å². The Morgan fingerprint density at radius 3 is 2.65 bits per heavy atom. The lowest BCUT2D eigenvalue weighted by molar-refractivity contribution is 0.130. The van der Waals surface area contributed by atoms with E-state index < -0.39 is 0 Å². The summed E-state index contributed by atoms with van der Waals surface area (Å²) in [5.41, 5.74) is 1.21. The molecule has 20 heavy (non-hydrogen) atoms. The molecule has 1 aliphatic carbocycles. The highest BCUT2D eigenvalue weighted by Crippen LogP contribution is 2.38. The van der Waals surface area contributed by atoms with Gasteiger partial charge in [0.2, 0.25) is 0 Å². The molecule has 2 atom stereocenters. The average molecular weight is 296 g/mol. The molecule has 0 amide bonds. The number of aromatic hydroxyl groups is 1. The van der Waals surface area contributed by atoms with E-state index in [0.29, 0.717) is 28.9 Å². The molecule has 2 nitrogen and oxygen atoms in total. The lowest BCUT2D eigenvalue weighted by Crippen LogP contribution is -2.43. The highest BCUT2D eigenvalue weighted by atomic mass is 35.5. The van der Waals surface area contributed by atoms with Crippen LogP contribution in [0.1, 0.15) is 52.0 Å². The van der Waals surface area contributed by atoms with Crippen LogP contribution in [-0.4, -0.2) is 11.1 Å². The van der Waals surface area contributed by atoms with Gasteiger partial charge in [-0.2, -0.15) is 0 Å². The molecule has 112 valence electrons. The van der Waals surface area contributed by atoms with Crippen LogP contribution in [0, 0.1) is 11.3 Å². The van der Waals surface area contributed by atoms with Crippen molar-refractivity contribution in [3.05, 3.63) is 28.8 Å². The first-order valence-corrected chi connectivity index (χ1v) is 7.97. The van der Waals surface area contributed by atoms with Crippen molar-refractivity contribution in [3.63, 3.8) is 0 Å². The number of phenols is 1. The predicted molar refractivity (Wildman–Crippen MR) is 85.2 cm³/mol. The van der Waals surface area contributed by atoms with Gasteiger partial charge in [-0.3, -0.25) is 0 Å². The maximum atomic E-state index is 9.98. The predicted octanol–water partition coefficient (Wildman–Crippen LogP) is 4.74. The van der Waals surface area contributed by atoms with Crippen LogP contribution in [-0.2, 0) is 6.54 Å². The summed E-state index contributed by atoms with van der Waals surface area (Å²) in [6.07, 6.45) is 5.15. The molecule has 1 aliphatic rings. The zero-order valence-electron chi connectivity index (χ0n) is 12.7. The van der Waals surface area contributed by atoms with Crippen molar-refractivity contribution in [2.75, 3.05) is 0 Å². The summed E-state index contributed by atoms with van der Waals surface area (Å²) in [4.78, 5) is 0. The van der Waals surface area contributed by atoms with Gasteiger partial charge in [-0.25, -0.2) is 0 Å². The minimum absolute atomic E-state index is 0.213. The van der Waals surface area contributed by atoms with Gasteiger partial charge in [-0.05, 0) is 30.2 Å². The largest absolute Gasteiger partial charge is 0.506 e. The second-order valence-electron chi connectivity index (χ2n) is 6.99. The second-order valence-corrected chi connectivity index (χ2v) is 7.40. The van der Waals surface area contributed by atoms with E-state index in [4.69, 9.17) is 11.6 Å². The number of rotatable bonds is 3. The Morgan fingerprint density at radius 1 is 1.25 bits per heavy atom. The van der Waals surface area contributed by atoms with Crippen LogP contribution >= 0.6 is 11.6 Å². The molecule has 2 unspecified atom stereocenters. The van der Waals surface area contributed by atoms with Gasteiger partial charge in [0, 0.05) is 18.2 Å². The fourth-order valence-corrected chi connectivity index (χ4v) is 3.55. The van der Waals surface area contributed by atoms with E-state index in [1.54, 1.807) is 6.07 Å². The van der Waals surface area contributed by atoms with E-state index >= 15 is 0 Å². The summed E-state index contributed by atoms with van der Waals surface area (Å²) in [7, 11) is 0. The molecule has 0 bridgehead atoms. The van der Waals surface area contributed by atoms with Crippen LogP contribution in [0.3, 0.4) is 0 Å². The Bertz CT molecular complexity index is 453. The van der Waals surface area contributed by atoms with Gasteiger partial charge >= 0.3 is 0 Å². The van der Waals surface area contributed by atoms with Crippen molar-refractivity contribution >= 4 is 11.6 Å². The molecule has 0 heterocycles. The van der Waals surface area contributed by atoms with Crippen LogP contribution < -0.4 is 5.32 Å². The molecule has 1 aromatic rings. The summed E-state index contributed by atoms with van der Waals surface area (Å²) in [6, 6.07) is 6.07. The fourth-order valence-electron chi connectivity index (χ4n) is 3.36. The SMILES string of the molecule is CC(C)(C)C1CCCCC1NCc1cccc(Cl)c1O. The van der Waals surface area contributed by atoms with Crippen LogP contribution in [0.15, 0.2) is 18.2 Å². The molecule has 0 radical (unpaired) electrons. The minimum atomic E-state index is 0.213. The molecular weight excluding hydrogens is 270 g/mol. The van der Waals surface area contributed by atoms with Crippen molar-refractivity contribution in [2.45, 2.75) is 59.0 Å². The lowest BCUT2D eigenvalue weighted by atomic mass is 9.69. The monoisotopic (exact) mass is 295 g/mol. The van der Waals surface area contributed by atoms with Crippen LogP contribution in [0.2, 0.25) is 5.02 Å². The zero-order valence-corrected chi connectivity index (χ0v) is 13.5. The fraction of sp³-hybridized carbons (Fsp3) is 0.647. The summed E-state index contributed by atoms with van der Waals surface area (Å²) in [5.74, 6) is 0.905. The van der Waals surface area contributed by atoms with E-state index in [1.807, 2.05) is 12.1 Å². The molecule has 0 aliphatic heterocycles. The minimum Gasteiger partial charge on any atom is -0.506 e. The molecule has 0 saturated heterocycles. The Hall–Kier alpha value is -0.730. The van der Waals surface area contributed by atoms with Crippen molar-refractivity contribution in [1.82, 2.24) is 5.32 Å². The van der Waals surface area contributed by atoms with Gasteiger partial charge in [0.1, 0.15) is 5.75 Å². The molecule has 1 fully saturated rings. The van der Waals surface area contributed by atoms with E-state index in [1.165, 1.54) is 25.7 Å². The summed E-state index contributed by atoms with van der Waals surface area (Å²) in [6.45, 7) is 7.67. The zero-order chi connectivity index (χ0) is 14.8. The number of phenolic OH excluding ortho intramolecular Hbond substituents is 1. The Labute approximate surface area is 127 Å². The standard InChI is InChI=1S/C17H26ClNO/c1-17(2,3)13-8-4-5-10-15(13)19-11-12-7-6-9-14(18)16(12)20/h6-7,9,13,15,19-20H,4-5,8,10-11H2,1-3H3. The quantitative estimate of drug-likeness (QED) is 0.844. The molecule has 0 aromatic heterocycles. The number of para-hydroxylation sites is 1. The molecular formula is C17H26ClNO. The van der Waals surface area contributed by atoms with Crippen molar-refractivity contribution in [2.24, 2.45) is 11.3 Å². The van der Waals surface area contributed by atoms with Gasteiger partial charge in [-0.1, -0.05) is 57.3 Å². The highest BCUT2D eigenvalue weighted by Gasteiger charge is 2.33. The highest BCUT2D eigenvalue weighted by molar-refractivity contribution is 6.32. The van der Waals surface area contributed by atoms with Crippen molar-refractivity contribution < 1.29 is 5.11 Å². The van der Waals surface area contributed by atoms with Gasteiger partial charge in [0.05, 0.1) is 5.02 Å². The third kappa shape index (κ3) is 3.67. The first kappa shape index (κ1) is 15.7. The third-order valence-electron chi connectivity index (χ3n) is 4.50.